The van der Waals surface area contributed by atoms with Gasteiger partial charge in [-0.15, -0.1) is 22.7 Å². The number of amides is 3. The number of fused-ring (bicyclic) bond motifs is 4. The molecular formula is C88H94N12O8S2. The van der Waals surface area contributed by atoms with Crippen molar-refractivity contribution in [2.24, 2.45) is 0 Å². The Bertz CT molecular complexity index is 4650. The van der Waals surface area contributed by atoms with Gasteiger partial charge < -0.3 is 45.1 Å². The van der Waals surface area contributed by atoms with Crippen LogP contribution < -0.4 is 25.3 Å². The fourth-order valence-corrected chi connectivity index (χ4v) is 16.1. The Morgan fingerprint density at radius 2 is 0.836 bits per heavy atom. The molecule has 8 aromatic carbocycles. The summed E-state index contributed by atoms with van der Waals surface area (Å²) in [5.41, 5.74) is 17.3. The summed E-state index contributed by atoms with van der Waals surface area (Å²) in [7, 11) is 0. The van der Waals surface area contributed by atoms with E-state index in [1.165, 1.54) is 73.1 Å². The number of anilines is 4. The normalized spacial score (nSPS) is 16.1. The van der Waals surface area contributed by atoms with Gasteiger partial charge in [0, 0.05) is 205 Å². The predicted molar refractivity (Wildman–Crippen MR) is 436 cm³/mol. The summed E-state index contributed by atoms with van der Waals surface area (Å²) in [5, 5.41) is 20.4. The van der Waals surface area contributed by atoms with Gasteiger partial charge in [0.1, 0.15) is 6.29 Å². The number of nitrogens with zero attached hydrogens (tertiary/aromatic N) is 10. The van der Waals surface area contributed by atoms with Crippen molar-refractivity contribution in [2.75, 3.05) is 125 Å². The van der Waals surface area contributed by atoms with Gasteiger partial charge in [-0.3, -0.25) is 38.6 Å². The van der Waals surface area contributed by atoms with E-state index in [0.29, 0.717) is 40.8 Å². The van der Waals surface area contributed by atoms with Gasteiger partial charge >= 0.3 is 5.97 Å². The standard InChI is InChI=1S/C27H29N5O2S.C17H17NO.C16H15NO2.C11H16N4OS.C10H11NO.C7H6O/c33-26(22-6-7-24-21(16-22)8-10-31(24)17-20-4-2-1-3-5-20)32-18-23(19-32)29-11-13-30(14-12-29)27(34)25-28-9-15-35-25;1-13(19)15-7-8-17-16(11-15)9-10-18(17)12-14-5-3-2-4-6-14;18-16(19)14-6-7-15-13(10-14)8-9-17(15)11-12-4-2-1-3-5-12;16-11(10-13-1-6-17-10)15-4-2-14(3-5-15)9-7-12-8-9;1-7(12)8-2-3-10-9(6-8)4-5-11-10;8-6-7-4-2-1-3-5-7/h1-7,9,15-16,23H,8,10-14,17-19H2;2-8,11H,9-10,12H2,1H3;1-7,10H,8-9,11H2,(H,18,19);1,6,9,12H,2-5,7-8H2;2-3,6,11H,4-5H2,1H3;1-6H. The Labute approximate surface area is 651 Å². The third-order valence-corrected chi connectivity index (χ3v) is 22.8. The van der Waals surface area contributed by atoms with E-state index in [2.05, 4.69) is 124 Å². The van der Waals surface area contributed by atoms with Crippen molar-refractivity contribution >= 4 is 87.0 Å². The van der Waals surface area contributed by atoms with Crippen LogP contribution >= 0.6 is 22.7 Å². The second-order valence-corrected chi connectivity index (χ2v) is 30.3. The number of likely N-dealkylation sites (tertiary alicyclic amines) is 1. The van der Waals surface area contributed by atoms with Gasteiger partial charge in [0.25, 0.3) is 17.7 Å². The summed E-state index contributed by atoms with van der Waals surface area (Å²) in [4.78, 5) is 107. The molecule has 8 aliphatic rings. The molecule has 22 heteroatoms. The third-order valence-electron chi connectivity index (χ3n) is 21.3. The fourth-order valence-electron chi connectivity index (χ4n) is 14.9. The summed E-state index contributed by atoms with van der Waals surface area (Å²) in [6.45, 7) is 20.4. The van der Waals surface area contributed by atoms with Crippen molar-refractivity contribution in [3.05, 3.63) is 294 Å². The number of nitrogens with one attached hydrogen (secondary N) is 2. The fraction of sp³-hybridized carbons (Fsp3) is 0.307. The number of ketones is 2. The van der Waals surface area contributed by atoms with E-state index in [1.54, 1.807) is 50.5 Å². The Balaban J connectivity index is 0.000000123. The van der Waals surface area contributed by atoms with Crippen LogP contribution in [0.15, 0.2) is 217 Å². The number of carboxylic acid groups (broad SMARTS) is 1. The minimum Gasteiger partial charge on any atom is -0.478 e. The first kappa shape index (κ1) is 77.2. The molecule has 0 unspecified atom stereocenters. The zero-order valence-corrected chi connectivity index (χ0v) is 64.0. The highest BCUT2D eigenvalue weighted by molar-refractivity contribution is 7.11. The molecule has 0 saturated carbocycles. The number of hydrogen-bond donors (Lipinski definition) is 3. The molecule has 0 aliphatic carbocycles. The lowest BCUT2D eigenvalue weighted by Gasteiger charge is -2.48. The van der Waals surface area contributed by atoms with Gasteiger partial charge in [-0.1, -0.05) is 121 Å². The lowest BCUT2D eigenvalue weighted by Crippen LogP contribution is -2.64. The van der Waals surface area contributed by atoms with E-state index >= 15 is 0 Å². The summed E-state index contributed by atoms with van der Waals surface area (Å²) in [5.74, 6) is -0.322. The molecule has 18 rings (SSSR count). The van der Waals surface area contributed by atoms with Crippen LogP contribution in [0.4, 0.5) is 22.7 Å². The Kier molecular flexibility index (Phi) is 26.2. The number of carbonyl (C=O) groups excluding carboxylic acids is 6. The highest BCUT2D eigenvalue weighted by atomic mass is 32.1. The van der Waals surface area contributed by atoms with E-state index in [-0.39, 0.29) is 29.3 Å². The van der Waals surface area contributed by atoms with Crippen LogP contribution in [-0.4, -0.2) is 198 Å². The van der Waals surface area contributed by atoms with Crippen molar-refractivity contribution in [3.63, 3.8) is 0 Å². The minimum absolute atomic E-state index is 0.0315. The Morgan fingerprint density at radius 1 is 0.436 bits per heavy atom. The van der Waals surface area contributed by atoms with Crippen molar-refractivity contribution in [1.82, 2.24) is 39.8 Å². The molecule has 0 spiro atoms. The molecule has 3 N–H and O–H groups in total. The first-order chi connectivity index (χ1) is 53.7. The molecule has 110 heavy (non-hydrogen) atoms. The number of piperazine rings is 2. The average molecular weight is 1510 g/mol. The number of carbonyl (C=O) groups is 7. The van der Waals surface area contributed by atoms with Gasteiger partial charge in [-0.2, -0.15) is 0 Å². The van der Waals surface area contributed by atoms with E-state index in [4.69, 9.17) is 5.11 Å². The molecule has 3 amide bonds. The lowest BCUT2D eigenvalue weighted by atomic mass is 10.0. The molecular weight excluding hydrogens is 1420 g/mol. The van der Waals surface area contributed by atoms with Gasteiger partial charge in [-0.25, -0.2) is 14.8 Å². The van der Waals surface area contributed by atoms with E-state index in [0.717, 1.165) is 177 Å². The largest absolute Gasteiger partial charge is 0.478 e. The molecule has 0 bridgehead atoms. The number of hydrogen-bond acceptors (Lipinski definition) is 18. The quantitative estimate of drug-likeness (QED) is 0.0642. The molecule has 10 heterocycles. The highest BCUT2D eigenvalue weighted by Gasteiger charge is 2.38. The molecule has 10 aromatic rings. The van der Waals surface area contributed by atoms with Crippen molar-refractivity contribution < 1.29 is 38.7 Å². The lowest BCUT2D eigenvalue weighted by molar-refractivity contribution is 0.00850. The number of aldehydes is 1. The Morgan fingerprint density at radius 3 is 1.24 bits per heavy atom. The molecule has 566 valence electrons. The van der Waals surface area contributed by atoms with Gasteiger partial charge in [0.05, 0.1) is 5.56 Å². The number of aromatic nitrogens is 2. The van der Waals surface area contributed by atoms with E-state index < -0.39 is 5.97 Å². The SMILES string of the molecule is CC(=O)c1ccc2c(c1)CCN2.CC(=O)c1ccc2c(c1)CCN2Cc1ccccc1.O=C(O)c1ccc2c(c1)CCN2Cc1ccccc1.O=C(c1ccc2c(c1)CCN2Cc1ccccc1)N1CC(N2CCN(C(=O)c3nccs3)CC2)C1.O=C(c1nccs1)N1CCN(C2CNC2)CC1.O=Cc1ccccc1. The van der Waals surface area contributed by atoms with Crippen LogP contribution in [0.5, 0.6) is 0 Å². The number of rotatable bonds is 15. The maximum atomic E-state index is 13.1. The van der Waals surface area contributed by atoms with Crippen LogP contribution in [0.25, 0.3) is 0 Å². The summed E-state index contributed by atoms with van der Waals surface area (Å²) >= 11 is 2.82. The van der Waals surface area contributed by atoms with Crippen molar-refractivity contribution in [2.45, 2.75) is 71.2 Å². The van der Waals surface area contributed by atoms with Crippen LogP contribution in [0.3, 0.4) is 0 Å². The van der Waals surface area contributed by atoms with E-state index in [9.17, 15) is 33.6 Å². The first-order valence-electron chi connectivity index (χ1n) is 37.9. The molecule has 4 fully saturated rings. The molecule has 4 saturated heterocycles. The van der Waals surface area contributed by atoms with Crippen molar-refractivity contribution in [3.8, 4) is 0 Å². The van der Waals surface area contributed by atoms with Crippen LogP contribution in [0.1, 0.15) is 124 Å². The molecule has 8 aliphatic heterocycles. The van der Waals surface area contributed by atoms with Crippen molar-refractivity contribution in [1.29, 1.82) is 0 Å². The number of carboxylic acids is 1. The number of Topliss-reactive ketones (excluding diaryl/α,β-unsaturated/α-hetero) is 2. The number of aromatic carboxylic acids is 1. The smallest absolute Gasteiger partial charge is 0.335 e. The summed E-state index contributed by atoms with van der Waals surface area (Å²) in [6.07, 6.45) is 8.17. The number of thiazole rings is 2. The molecule has 0 radical (unpaired) electrons. The van der Waals surface area contributed by atoms with Crippen LogP contribution in [0, 0.1) is 0 Å². The average Bonchev–Trinajstić information content (AvgIpc) is 1.38. The Hall–Kier alpha value is -11.0. The highest BCUT2D eigenvalue weighted by Crippen LogP contribution is 2.34. The monoisotopic (exact) mass is 1510 g/mol. The molecule has 0 atom stereocenters. The first-order valence-corrected chi connectivity index (χ1v) is 39.7. The second kappa shape index (κ2) is 37.4. The maximum absolute atomic E-state index is 13.1. The molecule has 2 aromatic heterocycles. The number of benzene rings is 8. The van der Waals surface area contributed by atoms with Gasteiger partial charge in [0.15, 0.2) is 21.6 Å². The third kappa shape index (κ3) is 19.9. The van der Waals surface area contributed by atoms with Crippen LogP contribution in [0.2, 0.25) is 0 Å². The summed E-state index contributed by atoms with van der Waals surface area (Å²) in [6, 6.07) is 65.0. The molecule has 20 nitrogen and oxygen atoms in total. The van der Waals surface area contributed by atoms with Gasteiger partial charge in [-0.05, 0) is 151 Å². The predicted octanol–water partition coefficient (Wildman–Crippen LogP) is 12.6. The zero-order chi connectivity index (χ0) is 76.3. The van der Waals surface area contributed by atoms with E-state index in [1.807, 2.05) is 116 Å². The topological polar surface area (TPSA) is 215 Å². The summed E-state index contributed by atoms with van der Waals surface area (Å²) < 4.78 is 0. The second-order valence-electron chi connectivity index (χ2n) is 28.5. The van der Waals surface area contributed by atoms with Gasteiger partial charge in [0.2, 0.25) is 0 Å². The van der Waals surface area contributed by atoms with Crippen LogP contribution in [-0.2, 0) is 45.3 Å². The maximum Gasteiger partial charge on any atom is 0.335 e. The zero-order valence-electron chi connectivity index (χ0n) is 62.4. The minimum atomic E-state index is -0.857.